The van der Waals surface area contributed by atoms with Crippen molar-refractivity contribution in [2.75, 3.05) is 20.6 Å². The predicted octanol–water partition coefficient (Wildman–Crippen LogP) is 4.09. The first-order chi connectivity index (χ1) is 16.4. The standard InChI is InChI=1S/C25H25ClFN5OS/c1-31(2)24(33)14-32-13-19(18-11-17(27)8-9-20(18)26)21(12-22(32)16-6-7-16)28-25-30-29-23(34-25)10-5-15-3-4-15/h8-9,11-13,15,23,29H,3-4,6-7,14H2,1-2H3,(H,28,30). The predicted molar refractivity (Wildman–Crippen MR) is 135 cm³/mol. The van der Waals surface area contributed by atoms with Crippen LogP contribution >= 0.6 is 23.4 Å². The molecule has 0 radical (unpaired) electrons. The zero-order valence-electron chi connectivity index (χ0n) is 19.0. The number of hydrazine groups is 1. The average Bonchev–Trinajstić information content (AvgIpc) is 3.74. The molecule has 3 fully saturated rings. The molecule has 2 aliphatic carbocycles. The molecule has 1 atom stereocenters. The van der Waals surface area contributed by atoms with Crippen molar-refractivity contribution in [3.63, 3.8) is 0 Å². The van der Waals surface area contributed by atoms with E-state index in [0.29, 0.717) is 32.9 Å². The van der Waals surface area contributed by atoms with E-state index in [-0.39, 0.29) is 23.6 Å². The van der Waals surface area contributed by atoms with E-state index >= 15 is 0 Å². The molecule has 2 N–H and O–H groups in total. The fourth-order valence-electron chi connectivity index (χ4n) is 3.58. The van der Waals surface area contributed by atoms with Crippen LogP contribution in [0.15, 0.2) is 52.4 Å². The van der Waals surface area contributed by atoms with Gasteiger partial charge in [0.2, 0.25) is 5.91 Å². The van der Waals surface area contributed by atoms with Crippen LogP contribution in [0.5, 0.6) is 0 Å². The molecule has 2 saturated carbocycles. The van der Waals surface area contributed by atoms with Gasteiger partial charge in [-0.1, -0.05) is 35.2 Å². The lowest BCUT2D eigenvalue weighted by atomic mass is 9.99. The first kappa shape index (κ1) is 23.0. The minimum Gasteiger partial charge on any atom is -0.347 e. The third-order valence-electron chi connectivity index (χ3n) is 5.79. The molecule has 1 aromatic rings. The Morgan fingerprint density at radius 1 is 1.32 bits per heavy atom. The molecule has 176 valence electrons. The Morgan fingerprint density at radius 2 is 2.12 bits per heavy atom. The van der Waals surface area contributed by atoms with E-state index in [1.165, 1.54) is 48.4 Å². The molecule has 1 amide bonds. The van der Waals surface area contributed by atoms with Crippen LogP contribution in [-0.4, -0.2) is 46.9 Å². The highest BCUT2D eigenvalue weighted by Crippen LogP contribution is 2.41. The zero-order valence-corrected chi connectivity index (χ0v) is 20.6. The number of rotatable bonds is 4. The fourth-order valence-corrected chi connectivity index (χ4v) is 4.53. The summed E-state index contributed by atoms with van der Waals surface area (Å²) >= 11 is 7.99. The van der Waals surface area contributed by atoms with Crippen molar-refractivity contribution in [3.8, 4) is 11.8 Å². The van der Waals surface area contributed by atoms with E-state index in [1.807, 2.05) is 17.2 Å². The molecule has 1 aromatic carbocycles. The number of aliphatic imine (C=N–C) groups is 1. The molecule has 2 heterocycles. The fraction of sp³-hybridized carbons (Fsp3) is 0.360. The van der Waals surface area contributed by atoms with Gasteiger partial charge in [0, 0.05) is 48.1 Å². The highest BCUT2D eigenvalue weighted by molar-refractivity contribution is 8.14. The van der Waals surface area contributed by atoms with Crippen LogP contribution in [0.1, 0.15) is 31.2 Å². The summed E-state index contributed by atoms with van der Waals surface area (Å²) in [5.41, 5.74) is 10.3. The van der Waals surface area contributed by atoms with Crippen LogP contribution in [0.2, 0.25) is 5.02 Å². The first-order valence-electron chi connectivity index (χ1n) is 11.2. The van der Waals surface area contributed by atoms with E-state index in [1.54, 1.807) is 19.0 Å². The van der Waals surface area contributed by atoms with Crippen molar-refractivity contribution in [2.45, 2.75) is 31.1 Å². The summed E-state index contributed by atoms with van der Waals surface area (Å²) in [4.78, 5) is 20.9. The number of likely N-dealkylation sites (N-methyl/N-ethyl adjacent to an activating group) is 1. The number of hydrogen-bond donors (Lipinski definition) is 2. The zero-order chi connectivity index (χ0) is 23.8. The number of carbonyl (C=O) groups is 1. The lowest BCUT2D eigenvalue weighted by Gasteiger charge is -2.29. The van der Waals surface area contributed by atoms with Gasteiger partial charge in [0.1, 0.15) is 17.7 Å². The van der Waals surface area contributed by atoms with E-state index in [2.05, 4.69) is 22.7 Å². The number of amides is 1. The summed E-state index contributed by atoms with van der Waals surface area (Å²) in [7, 11) is 3.46. The Balaban J connectivity index is 1.51. The SMILES string of the molecule is CN(C)C(=O)CN1C=C(c2cc(F)ccc2Cl)C(N=C2NNC(C#CC3CC3)S2)=CC1=C1CC1. The van der Waals surface area contributed by atoms with Gasteiger partial charge in [-0.15, -0.1) is 0 Å². The van der Waals surface area contributed by atoms with Crippen molar-refractivity contribution >= 4 is 40.0 Å². The molecular weight excluding hydrogens is 473 g/mol. The van der Waals surface area contributed by atoms with Crippen LogP contribution in [0.25, 0.3) is 5.57 Å². The maximum absolute atomic E-state index is 14.2. The largest absolute Gasteiger partial charge is 0.347 e. The quantitative estimate of drug-likeness (QED) is 0.613. The summed E-state index contributed by atoms with van der Waals surface area (Å²) in [5.74, 6) is 6.62. The Bertz CT molecular complexity index is 1220. The summed E-state index contributed by atoms with van der Waals surface area (Å²) in [6.07, 6.45) is 8.16. The van der Waals surface area contributed by atoms with Gasteiger partial charge in [0.15, 0.2) is 5.17 Å². The summed E-state index contributed by atoms with van der Waals surface area (Å²) < 4.78 is 14.2. The molecule has 0 aromatic heterocycles. The topological polar surface area (TPSA) is 60.0 Å². The van der Waals surface area contributed by atoms with Crippen molar-refractivity contribution in [3.05, 3.63) is 63.8 Å². The molecule has 4 aliphatic rings. The second kappa shape index (κ2) is 9.49. The monoisotopic (exact) mass is 497 g/mol. The van der Waals surface area contributed by atoms with Gasteiger partial charge < -0.3 is 9.80 Å². The van der Waals surface area contributed by atoms with Gasteiger partial charge in [-0.25, -0.2) is 14.8 Å². The number of nitrogens with one attached hydrogen (secondary N) is 2. The molecule has 34 heavy (non-hydrogen) atoms. The number of amidine groups is 1. The van der Waals surface area contributed by atoms with E-state index in [9.17, 15) is 9.18 Å². The second-order valence-corrected chi connectivity index (χ2v) is 10.3. The van der Waals surface area contributed by atoms with Crippen molar-refractivity contribution in [2.24, 2.45) is 10.9 Å². The second-order valence-electron chi connectivity index (χ2n) is 8.85. The molecule has 0 bridgehead atoms. The van der Waals surface area contributed by atoms with E-state index in [0.717, 1.165) is 18.5 Å². The average molecular weight is 498 g/mol. The maximum Gasteiger partial charge on any atom is 0.241 e. The molecule has 0 spiro atoms. The lowest BCUT2D eigenvalue weighted by Crippen LogP contribution is -2.34. The van der Waals surface area contributed by atoms with Gasteiger partial charge in [-0.2, -0.15) is 0 Å². The number of hydrogen-bond acceptors (Lipinski definition) is 5. The minimum atomic E-state index is -0.389. The lowest BCUT2D eigenvalue weighted by molar-refractivity contribution is -0.128. The number of allylic oxidation sites excluding steroid dienone is 3. The van der Waals surface area contributed by atoms with Crippen molar-refractivity contribution in [1.29, 1.82) is 0 Å². The highest BCUT2D eigenvalue weighted by Gasteiger charge is 2.29. The number of carbonyl (C=O) groups excluding carboxylic acids is 1. The number of benzene rings is 1. The molecule has 5 rings (SSSR count). The maximum atomic E-state index is 14.2. The van der Waals surface area contributed by atoms with Gasteiger partial charge in [-0.05, 0) is 55.5 Å². The van der Waals surface area contributed by atoms with Crippen LogP contribution < -0.4 is 10.9 Å². The van der Waals surface area contributed by atoms with Crippen LogP contribution in [0.3, 0.4) is 0 Å². The van der Waals surface area contributed by atoms with Crippen LogP contribution in [-0.2, 0) is 4.79 Å². The van der Waals surface area contributed by atoms with E-state index in [4.69, 9.17) is 16.6 Å². The van der Waals surface area contributed by atoms with Crippen molar-refractivity contribution in [1.82, 2.24) is 20.7 Å². The first-order valence-corrected chi connectivity index (χ1v) is 12.5. The Hall–Kier alpha value is -2.73. The number of thioether (sulfide) groups is 1. The third-order valence-corrected chi connectivity index (χ3v) is 7.00. The van der Waals surface area contributed by atoms with Gasteiger partial charge in [0.25, 0.3) is 0 Å². The van der Waals surface area contributed by atoms with Crippen LogP contribution in [0.4, 0.5) is 4.39 Å². The highest BCUT2D eigenvalue weighted by atomic mass is 35.5. The Kier molecular flexibility index (Phi) is 6.43. The Labute approximate surface area is 208 Å². The van der Waals surface area contributed by atoms with Gasteiger partial charge >= 0.3 is 0 Å². The molecule has 2 aliphatic heterocycles. The number of nitrogens with zero attached hydrogens (tertiary/aromatic N) is 3. The summed E-state index contributed by atoms with van der Waals surface area (Å²) in [5, 5.41) is 1.01. The smallest absolute Gasteiger partial charge is 0.241 e. The Morgan fingerprint density at radius 3 is 2.82 bits per heavy atom. The van der Waals surface area contributed by atoms with Crippen molar-refractivity contribution < 1.29 is 9.18 Å². The molecule has 1 unspecified atom stereocenters. The van der Waals surface area contributed by atoms with Gasteiger partial charge in [-0.3, -0.25) is 10.2 Å². The van der Waals surface area contributed by atoms with Gasteiger partial charge in [0.05, 0.1) is 5.70 Å². The molecular formula is C25H25ClFN5OS. The molecule has 9 heteroatoms. The number of halogens is 2. The third kappa shape index (κ3) is 5.33. The summed E-state index contributed by atoms with van der Waals surface area (Å²) in [6, 6.07) is 4.27. The van der Waals surface area contributed by atoms with E-state index < -0.39 is 0 Å². The normalized spacial score (nSPS) is 22.6. The van der Waals surface area contributed by atoms with Crippen LogP contribution in [0, 0.1) is 23.6 Å². The summed E-state index contributed by atoms with van der Waals surface area (Å²) in [6.45, 7) is 0.177. The molecule has 1 saturated heterocycles. The molecule has 6 nitrogen and oxygen atoms in total. The minimum absolute atomic E-state index is 0.0304.